The minimum atomic E-state index is -0.520. The van der Waals surface area contributed by atoms with Crippen molar-refractivity contribution < 1.29 is 14.6 Å². The van der Waals surface area contributed by atoms with E-state index in [0.717, 1.165) is 5.69 Å². The lowest BCUT2D eigenvalue weighted by Gasteiger charge is -2.16. The number of aliphatic hydroxyl groups excluding tert-OH is 1. The van der Waals surface area contributed by atoms with Gasteiger partial charge in [0.05, 0.1) is 31.6 Å². The van der Waals surface area contributed by atoms with E-state index in [-0.39, 0.29) is 6.04 Å². The van der Waals surface area contributed by atoms with Crippen LogP contribution >= 0.6 is 0 Å². The largest absolute Gasteiger partial charge is 0.389 e. The molecular weight excluding hydrogens is 232 g/mol. The van der Waals surface area contributed by atoms with Crippen molar-refractivity contribution >= 4 is 0 Å². The van der Waals surface area contributed by atoms with E-state index >= 15 is 0 Å². The number of nitrogens with zero attached hydrogens (tertiary/aromatic N) is 1. The summed E-state index contributed by atoms with van der Waals surface area (Å²) in [7, 11) is 1.62. The van der Waals surface area contributed by atoms with E-state index < -0.39 is 6.10 Å². The summed E-state index contributed by atoms with van der Waals surface area (Å²) < 4.78 is 10.1. The summed E-state index contributed by atoms with van der Waals surface area (Å²) in [6.45, 7) is 3.85. The van der Waals surface area contributed by atoms with E-state index in [9.17, 15) is 5.11 Å². The molecule has 0 saturated carbocycles. The quantitative estimate of drug-likeness (QED) is 0.637. The smallest absolute Gasteiger partial charge is 0.0897 e. The zero-order chi connectivity index (χ0) is 13.2. The van der Waals surface area contributed by atoms with Gasteiger partial charge in [-0.3, -0.25) is 4.98 Å². The minimum Gasteiger partial charge on any atom is -0.389 e. The summed E-state index contributed by atoms with van der Waals surface area (Å²) in [5, 5.41) is 12.9. The maximum atomic E-state index is 9.70. The molecule has 0 saturated heterocycles. The van der Waals surface area contributed by atoms with Crippen molar-refractivity contribution in [1.82, 2.24) is 10.3 Å². The van der Waals surface area contributed by atoms with Gasteiger partial charge in [-0.2, -0.15) is 0 Å². The fourth-order valence-corrected chi connectivity index (χ4v) is 1.47. The summed E-state index contributed by atoms with van der Waals surface area (Å²) in [5.41, 5.74) is 0.963. The van der Waals surface area contributed by atoms with Crippen molar-refractivity contribution in [2.45, 2.75) is 19.1 Å². The molecule has 0 aliphatic rings. The number of hydrogen-bond donors (Lipinski definition) is 2. The van der Waals surface area contributed by atoms with Crippen molar-refractivity contribution in [3.05, 3.63) is 30.1 Å². The first-order valence-corrected chi connectivity index (χ1v) is 6.13. The van der Waals surface area contributed by atoms with Gasteiger partial charge in [0.15, 0.2) is 0 Å². The SMILES string of the molecule is COCCOCC(O)CNC(C)c1ccccn1. The number of nitrogens with one attached hydrogen (secondary N) is 1. The van der Waals surface area contributed by atoms with Crippen LogP contribution in [0.15, 0.2) is 24.4 Å². The molecule has 0 radical (unpaired) electrons. The molecule has 0 aliphatic heterocycles. The second-order valence-corrected chi connectivity index (χ2v) is 4.11. The second-order valence-electron chi connectivity index (χ2n) is 4.11. The van der Waals surface area contributed by atoms with Gasteiger partial charge < -0.3 is 19.9 Å². The molecular formula is C13H22N2O3. The fourth-order valence-electron chi connectivity index (χ4n) is 1.47. The van der Waals surface area contributed by atoms with Crippen LogP contribution in [0.5, 0.6) is 0 Å². The molecule has 1 aromatic heterocycles. The normalized spacial score (nSPS) is 14.4. The van der Waals surface area contributed by atoms with Crippen LogP contribution in [0.25, 0.3) is 0 Å². The van der Waals surface area contributed by atoms with E-state index in [1.807, 2.05) is 25.1 Å². The molecule has 0 bridgehead atoms. The molecule has 0 aromatic carbocycles. The Bertz CT molecular complexity index is 308. The predicted octanol–water partition coefficient (Wildman–Crippen LogP) is 0.756. The molecule has 0 spiro atoms. The Morgan fingerprint density at radius 3 is 2.89 bits per heavy atom. The second kappa shape index (κ2) is 8.99. The van der Waals surface area contributed by atoms with E-state index in [0.29, 0.717) is 26.4 Å². The average Bonchev–Trinajstić information content (AvgIpc) is 2.42. The minimum absolute atomic E-state index is 0.111. The third kappa shape index (κ3) is 6.07. The molecule has 5 heteroatoms. The monoisotopic (exact) mass is 254 g/mol. The van der Waals surface area contributed by atoms with Crippen molar-refractivity contribution in [3.63, 3.8) is 0 Å². The predicted molar refractivity (Wildman–Crippen MR) is 69.4 cm³/mol. The highest BCUT2D eigenvalue weighted by molar-refractivity contribution is 5.07. The van der Waals surface area contributed by atoms with Crippen LogP contribution in [-0.2, 0) is 9.47 Å². The number of methoxy groups -OCH3 is 1. The lowest BCUT2D eigenvalue weighted by Crippen LogP contribution is -2.32. The maximum Gasteiger partial charge on any atom is 0.0897 e. The molecule has 2 atom stereocenters. The molecule has 0 aliphatic carbocycles. The van der Waals surface area contributed by atoms with Crippen molar-refractivity contribution in [2.75, 3.05) is 33.5 Å². The Kier molecular flexibility index (Phi) is 7.52. The lowest BCUT2D eigenvalue weighted by atomic mass is 10.2. The van der Waals surface area contributed by atoms with Crippen molar-refractivity contribution in [2.24, 2.45) is 0 Å². The molecule has 18 heavy (non-hydrogen) atoms. The highest BCUT2D eigenvalue weighted by Crippen LogP contribution is 2.07. The third-order valence-corrected chi connectivity index (χ3v) is 2.53. The summed E-state index contributed by atoms with van der Waals surface area (Å²) in [6, 6.07) is 5.90. The van der Waals surface area contributed by atoms with Crippen LogP contribution in [0.2, 0.25) is 0 Å². The lowest BCUT2D eigenvalue weighted by molar-refractivity contribution is 0.0130. The van der Waals surface area contributed by atoms with Gasteiger partial charge in [0.25, 0.3) is 0 Å². The summed E-state index contributed by atoms with van der Waals surface area (Å²) in [6.07, 6.45) is 1.24. The molecule has 1 aromatic rings. The van der Waals surface area contributed by atoms with Gasteiger partial charge in [0, 0.05) is 25.9 Å². The van der Waals surface area contributed by atoms with Crippen LogP contribution in [0.1, 0.15) is 18.7 Å². The Balaban J connectivity index is 2.16. The summed E-state index contributed by atoms with van der Waals surface area (Å²) in [4.78, 5) is 4.25. The van der Waals surface area contributed by atoms with Gasteiger partial charge in [-0.05, 0) is 19.1 Å². The standard InChI is InChI=1S/C13H22N2O3/c1-11(13-5-3-4-6-14-13)15-9-12(16)10-18-8-7-17-2/h3-6,11-12,15-16H,7-10H2,1-2H3. The van der Waals surface area contributed by atoms with Crippen LogP contribution < -0.4 is 5.32 Å². The van der Waals surface area contributed by atoms with E-state index in [4.69, 9.17) is 9.47 Å². The van der Waals surface area contributed by atoms with Gasteiger partial charge in [-0.15, -0.1) is 0 Å². The Morgan fingerprint density at radius 2 is 2.22 bits per heavy atom. The number of aromatic nitrogens is 1. The van der Waals surface area contributed by atoms with E-state index in [1.165, 1.54) is 0 Å². The zero-order valence-corrected chi connectivity index (χ0v) is 11.0. The molecule has 2 unspecified atom stereocenters. The topological polar surface area (TPSA) is 63.6 Å². The third-order valence-electron chi connectivity index (χ3n) is 2.53. The number of aliphatic hydroxyl groups is 1. The highest BCUT2D eigenvalue weighted by Gasteiger charge is 2.09. The molecule has 1 heterocycles. The van der Waals surface area contributed by atoms with Gasteiger partial charge >= 0.3 is 0 Å². The van der Waals surface area contributed by atoms with Gasteiger partial charge in [-0.25, -0.2) is 0 Å². The molecule has 0 fully saturated rings. The Morgan fingerprint density at radius 1 is 1.39 bits per heavy atom. The number of ether oxygens (including phenoxy) is 2. The number of hydrogen-bond acceptors (Lipinski definition) is 5. The van der Waals surface area contributed by atoms with Crippen LogP contribution in [0, 0.1) is 0 Å². The first-order chi connectivity index (χ1) is 8.74. The van der Waals surface area contributed by atoms with Crippen LogP contribution in [0.4, 0.5) is 0 Å². The molecule has 2 N–H and O–H groups in total. The highest BCUT2D eigenvalue weighted by atomic mass is 16.5. The molecule has 0 amide bonds. The van der Waals surface area contributed by atoms with Crippen molar-refractivity contribution in [3.8, 4) is 0 Å². The first kappa shape index (κ1) is 15.0. The summed E-state index contributed by atoms with van der Waals surface area (Å²) >= 11 is 0. The van der Waals surface area contributed by atoms with E-state index in [1.54, 1.807) is 13.3 Å². The average molecular weight is 254 g/mol. The summed E-state index contributed by atoms with van der Waals surface area (Å²) in [5.74, 6) is 0. The van der Waals surface area contributed by atoms with Gasteiger partial charge in [-0.1, -0.05) is 6.07 Å². The maximum absolute atomic E-state index is 9.70. The van der Waals surface area contributed by atoms with Crippen molar-refractivity contribution in [1.29, 1.82) is 0 Å². The van der Waals surface area contributed by atoms with Crippen LogP contribution in [-0.4, -0.2) is 49.7 Å². The van der Waals surface area contributed by atoms with Gasteiger partial charge in [0.1, 0.15) is 0 Å². The van der Waals surface area contributed by atoms with E-state index in [2.05, 4.69) is 10.3 Å². The fraction of sp³-hybridized carbons (Fsp3) is 0.615. The molecule has 5 nitrogen and oxygen atoms in total. The Labute approximate surface area is 108 Å². The number of rotatable bonds is 9. The zero-order valence-electron chi connectivity index (χ0n) is 11.0. The molecule has 1 rings (SSSR count). The van der Waals surface area contributed by atoms with Crippen LogP contribution in [0.3, 0.4) is 0 Å². The molecule has 102 valence electrons. The first-order valence-electron chi connectivity index (χ1n) is 6.13. The Hall–Kier alpha value is -1.01. The number of pyridine rings is 1. The van der Waals surface area contributed by atoms with Gasteiger partial charge in [0.2, 0.25) is 0 Å².